The molecular formula is C17H19Cl2NO2. The molecule has 0 heterocycles. The molecule has 0 fully saturated rings. The smallest absolute Gasteiger partial charge is 0.124 e. The van der Waals surface area contributed by atoms with Gasteiger partial charge in [0.15, 0.2) is 0 Å². The summed E-state index contributed by atoms with van der Waals surface area (Å²) in [7, 11) is 1.69. The fraction of sp³-hybridized carbons (Fsp3) is 0.294. The fourth-order valence-corrected chi connectivity index (χ4v) is 2.51. The Morgan fingerprint density at radius 2 is 1.73 bits per heavy atom. The van der Waals surface area contributed by atoms with Crippen molar-refractivity contribution in [2.75, 3.05) is 20.3 Å². The van der Waals surface area contributed by atoms with Gasteiger partial charge in [0.25, 0.3) is 0 Å². The van der Waals surface area contributed by atoms with Gasteiger partial charge in [-0.25, -0.2) is 0 Å². The molecule has 118 valence electrons. The normalized spacial score (nSPS) is 10.7. The molecule has 2 aromatic carbocycles. The maximum absolute atomic E-state index is 6.16. The number of nitrogens with one attached hydrogen (secondary N) is 1. The van der Waals surface area contributed by atoms with Crippen LogP contribution in [0.15, 0.2) is 42.5 Å². The number of para-hydroxylation sites is 1. The van der Waals surface area contributed by atoms with Crippen LogP contribution in [0, 0.1) is 0 Å². The average Bonchev–Trinajstić information content (AvgIpc) is 2.52. The molecule has 2 aromatic rings. The van der Waals surface area contributed by atoms with Crippen molar-refractivity contribution in [1.82, 2.24) is 5.32 Å². The third kappa shape index (κ3) is 4.89. The SMILES string of the molecule is COCCNCc1ccccc1OCc1c(Cl)cccc1Cl. The summed E-state index contributed by atoms with van der Waals surface area (Å²) in [6.45, 7) is 2.53. The van der Waals surface area contributed by atoms with E-state index in [0.717, 1.165) is 30.0 Å². The van der Waals surface area contributed by atoms with Gasteiger partial charge >= 0.3 is 0 Å². The third-order valence-corrected chi connectivity index (χ3v) is 3.91. The maximum Gasteiger partial charge on any atom is 0.124 e. The van der Waals surface area contributed by atoms with E-state index in [1.54, 1.807) is 7.11 Å². The zero-order valence-electron chi connectivity index (χ0n) is 12.4. The Hall–Kier alpha value is -1.26. The van der Waals surface area contributed by atoms with Crippen molar-refractivity contribution < 1.29 is 9.47 Å². The number of halogens is 2. The highest BCUT2D eigenvalue weighted by Gasteiger charge is 2.08. The van der Waals surface area contributed by atoms with Crippen molar-refractivity contribution in [3.8, 4) is 5.75 Å². The van der Waals surface area contributed by atoms with Gasteiger partial charge in [0.1, 0.15) is 12.4 Å². The second kappa shape index (κ2) is 9.01. The second-order valence-electron chi connectivity index (χ2n) is 4.77. The molecule has 0 amide bonds. The van der Waals surface area contributed by atoms with Crippen LogP contribution in [0.3, 0.4) is 0 Å². The summed E-state index contributed by atoms with van der Waals surface area (Å²) in [6, 6.07) is 13.3. The van der Waals surface area contributed by atoms with E-state index in [4.69, 9.17) is 32.7 Å². The van der Waals surface area contributed by atoms with Gasteiger partial charge in [-0.05, 0) is 18.2 Å². The zero-order chi connectivity index (χ0) is 15.8. The van der Waals surface area contributed by atoms with E-state index in [1.165, 1.54) is 0 Å². The Bertz CT molecular complexity index is 585. The molecule has 0 atom stereocenters. The molecule has 0 saturated carbocycles. The van der Waals surface area contributed by atoms with Crippen LogP contribution >= 0.6 is 23.2 Å². The molecule has 3 nitrogen and oxygen atoms in total. The van der Waals surface area contributed by atoms with E-state index < -0.39 is 0 Å². The van der Waals surface area contributed by atoms with Crippen molar-refractivity contribution in [3.05, 3.63) is 63.6 Å². The first kappa shape index (κ1) is 17.1. The molecule has 0 radical (unpaired) electrons. The number of benzene rings is 2. The van der Waals surface area contributed by atoms with Crippen LogP contribution in [0.2, 0.25) is 10.0 Å². The highest BCUT2D eigenvalue weighted by atomic mass is 35.5. The standard InChI is InChI=1S/C17H19Cl2NO2/c1-21-10-9-20-11-13-5-2-3-8-17(13)22-12-14-15(18)6-4-7-16(14)19/h2-8,20H,9-12H2,1H3. The largest absolute Gasteiger partial charge is 0.488 e. The Balaban J connectivity index is 2.00. The van der Waals surface area contributed by atoms with Crippen molar-refractivity contribution in [1.29, 1.82) is 0 Å². The van der Waals surface area contributed by atoms with E-state index in [1.807, 2.05) is 42.5 Å². The van der Waals surface area contributed by atoms with Gasteiger partial charge in [0.05, 0.1) is 6.61 Å². The fourth-order valence-electron chi connectivity index (χ4n) is 2.01. The third-order valence-electron chi connectivity index (χ3n) is 3.20. The van der Waals surface area contributed by atoms with Crippen LogP contribution < -0.4 is 10.1 Å². The van der Waals surface area contributed by atoms with E-state index in [9.17, 15) is 0 Å². The predicted octanol–water partition coefficient (Wildman–Crippen LogP) is 4.31. The van der Waals surface area contributed by atoms with Gasteiger partial charge < -0.3 is 14.8 Å². The lowest BCUT2D eigenvalue weighted by atomic mass is 10.2. The lowest BCUT2D eigenvalue weighted by Crippen LogP contribution is -2.19. The van der Waals surface area contributed by atoms with E-state index in [0.29, 0.717) is 23.3 Å². The first-order chi connectivity index (χ1) is 10.7. The van der Waals surface area contributed by atoms with Crippen LogP contribution in [0.5, 0.6) is 5.75 Å². The van der Waals surface area contributed by atoms with Crippen molar-refractivity contribution >= 4 is 23.2 Å². The Labute approximate surface area is 141 Å². The van der Waals surface area contributed by atoms with Gasteiger partial charge in [0.2, 0.25) is 0 Å². The van der Waals surface area contributed by atoms with Crippen LogP contribution in [-0.2, 0) is 17.9 Å². The Morgan fingerprint density at radius 1 is 1.00 bits per heavy atom. The average molecular weight is 340 g/mol. The summed E-state index contributed by atoms with van der Waals surface area (Å²) in [5.41, 5.74) is 1.88. The topological polar surface area (TPSA) is 30.5 Å². The maximum atomic E-state index is 6.16. The van der Waals surface area contributed by atoms with E-state index in [-0.39, 0.29) is 0 Å². The van der Waals surface area contributed by atoms with Gasteiger partial charge in [-0.3, -0.25) is 0 Å². The molecule has 1 N–H and O–H groups in total. The molecular weight excluding hydrogens is 321 g/mol. The van der Waals surface area contributed by atoms with Crippen molar-refractivity contribution in [3.63, 3.8) is 0 Å². The summed E-state index contributed by atoms with van der Waals surface area (Å²) in [4.78, 5) is 0. The summed E-state index contributed by atoms with van der Waals surface area (Å²) < 4.78 is 10.9. The highest BCUT2D eigenvalue weighted by Crippen LogP contribution is 2.27. The number of rotatable bonds is 8. The molecule has 0 bridgehead atoms. The van der Waals surface area contributed by atoms with Crippen LogP contribution in [0.25, 0.3) is 0 Å². The predicted molar refractivity (Wildman–Crippen MR) is 90.8 cm³/mol. The molecule has 0 saturated heterocycles. The lowest BCUT2D eigenvalue weighted by molar-refractivity contribution is 0.199. The minimum atomic E-state index is 0.341. The molecule has 0 aliphatic heterocycles. The molecule has 5 heteroatoms. The molecule has 22 heavy (non-hydrogen) atoms. The summed E-state index contributed by atoms with van der Waals surface area (Å²) in [5.74, 6) is 0.823. The van der Waals surface area contributed by atoms with Gasteiger partial charge in [-0.2, -0.15) is 0 Å². The zero-order valence-corrected chi connectivity index (χ0v) is 14.0. The van der Waals surface area contributed by atoms with Crippen molar-refractivity contribution in [2.45, 2.75) is 13.2 Å². The highest BCUT2D eigenvalue weighted by molar-refractivity contribution is 6.35. The van der Waals surface area contributed by atoms with Gasteiger partial charge in [-0.1, -0.05) is 47.5 Å². The quantitative estimate of drug-likeness (QED) is 0.727. The van der Waals surface area contributed by atoms with Gasteiger partial charge in [0, 0.05) is 41.4 Å². The van der Waals surface area contributed by atoms with Gasteiger partial charge in [-0.15, -0.1) is 0 Å². The first-order valence-corrected chi connectivity index (χ1v) is 7.81. The van der Waals surface area contributed by atoms with E-state index in [2.05, 4.69) is 5.32 Å². The van der Waals surface area contributed by atoms with Crippen LogP contribution in [0.4, 0.5) is 0 Å². The first-order valence-electron chi connectivity index (χ1n) is 7.05. The molecule has 2 rings (SSSR count). The number of hydrogen-bond donors (Lipinski definition) is 1. The van der Waals surface area contributed by atoms with Crippen LogP contribution in [0.1, 0.15) is 11.1 Å². The Morgan fingerprint density at radius 3 is 2.45 bits per heavy atom. The number of methoxy groups -OCH3 is 1. The minimum absolute atomic E-state index is 0.341. The molecule has 0 aliphatic rings. The minimum Gasteiger partial charge on any atom is -0.488 e. The molecule has 0 aliphatic carbocycles. The molecule has 0 unspecified atom stereocenters. The summed E-state index contributed by atoms with van der Waals surface area (Å²) in [6.07, 6.45) is 0. The van der Waals surface area contributed by atoms with Crippen molar-refractivity contribution in [2.24, 2.45) is 0 Å². The molecule has 0 aromatic heterocycles. The van der Waals surface area contributed by atoms with E-state index >= 15 is 0 Å². The Kier molecular flexibility index (Phi) is 7.00. The second-order valence-corrected chi connectivity index (χ2v) is 5.58. The molecule has 0 spiro atoms. The lowest BCUT2D eigenvalue weighted by Gasteiger charge is -2.13. The van der Waals surface area contributed by atoms with Crippen LogP contribution in [-0.4, -0.2) is 20.3 Å². The summed E-state index contributed by atoms with van der Waals surface area (Å²) >= 11 is 12.3. The number of ether oxygens (including phenoxy) is 2. The number of hydrogen-bond acceptors (Lipinski definition) is 3. The summed E-state index contributed by atoms with van der Waals surface area (Å²) in [5, 5.41) is 4.53. The monoisotopic (exact) mass is 339 g/mol.